The smallest absolute Gasteiger partial charge is 0.228 e. The SMILES string of the molecule is COc1ccccc1[C@H]1c2ccc(O)cc2Oc2ncn3nc(Cc4ccccc4)nc3c21. The second-order valence-electron chi connectivity index (χ2n) is 7.92. The topological polar surface area (TPSA) is 81.8 Å². The van der Waals surface area contributed by atoms with Crippen LogP contribution in [0.4, 0.5) is 0 Å². The van der Waals surface area contributed by atoms with Crippen molar-refractivity contribution < 1.29 is 14.6 Å². The fraction of sp³-hybridized carbons (Fsp3) is 0.115. The van der Waals surface area contributed by atoms with E-state index >= 15 is 0 Å². The van der Waals surface area contributed by atoms with Crippen LogP contribution in [0.3, 0.4) is 0 Å². The van der Waals surface area contributed by atoms with Crippen molar-refractivity contribution in [2.45, 2.75) is 12.3 Å². The summed E-state index contributed by atoms with van der Waals surface area (Å²) in [6.45, 7) is 0. The van der Waals surface area contributed by atoms with E-state index < -0.39 is 0 Å². The van der Waals surface area contributed by atoms with E-state index in [-0.39, 0.29) is 11.7 Å². The second-order valence-corrected chi connectivity index (χ2v) is 7.92. The van der Waals surface area contributed by atoms with Crippen LogP contribution in [0.5, 0.6) is 23.1 Å². The van der Waals surface area contributed by atoms with E-state index in [0.29, 0.717) is 29.5 Å². The molecule has 0 bridgehead atoms. The monoisotopic (exact) mass is 436 g/mol. The Kier molecular flexibility index (Phi) is 4.47. The first-order valence-electron chi connectivity index (χ1n) is 10.6. The molecule has 1 N–H and O–H groups in total. The number of rotatable bonds is 4. The van der Waals surface area contributed by atoms with Gasteiger partial charge in [-0.25, -0.2) is 14.5 Å². The van der Waals surface area contributed by atoms with Crippen LogP contribution in [0.25, 0.3) is 5.65 Å². The molecule has 0 amide bonds. The van der Waals surface area contributed by atoms with Gasteiger partial charge in [0, 0.05) is 23.6 Å². The summed E-state index contributed by atoms with van der Waals surface area (Å²) in [6.07, 6.45) is 2.23. The Morgan fingerprint density at radius 1 is 1.00 bits per heavy atom. The summed E-state index contributed by atoms with van der Waals surface area (Å²) < 4.78 is 13.5. The lowest BCUT2D eigenvalue weighted by atomic mass is 9.83. The van der Waals surface area contributed by atoms with Gasteiger partial charge in [-0.3, -0.25) is 0 Å². The van der Waals surface area contributed by atoms with Crippen LogP contribution in [0, 0.1) is 0 Å². The Morgan fingerprint density at radius 3 is 2.67 bits per heavy atom. The maximum absolute atomic E-state index is 10.1. The zero-order valence-electron chi connectivity index (χ0n) is 17.8. The van der Waals surface area contributed by atoms with Gasteiger partial charge in [0.2, 0.25) is 5.88 Å². The van der Waals surface area contributed by atoms with Crippen molar-refractivity contribution >= 4 is 5.65 Å². The number of nitrogens with zero attached hydrogens (tertiary/aromatic N) is 4. The summed E-state index contributed by atoms with van der Waals surface area (Å²) in [6, 6.07) is 23.1. The summed E-state index contributed by atoms with van der Waals surface area (Å²) in [5, 5.41) is 14.7. The summed E-state index contributed by atoms with van der Waals surface area (Å²) in [7, 11) is 1.66. The highest BCUT2D eigenvalue weighted by atomic mass is 16.5. The van der Waals surface area contributed by atoms with Gasteiger partial charge in [0.05, 0.1) is 18.6 Å². The molecule has 3 heterocycles. The van der Waals surface area contributed by atoms with Gasteiger partial charge in [0.15, 0.2) is 11.5 Å². The molecule has 2 aromatic heterocycles. The molecular formula is C26H20N4O3. The molecule has 0 aliphatic carbocycles. The molecule has 6 rings (SSSR count). The summed E-state index contributed by atoms with van der Waals surface area (Å²) in [5.74, 6) is 2.32. The predicted molar refractivity (Wildman–Crippen MR) is 122 cm³/mol. The molecule has 0 saturated carbocycles. The Labute approximate surface area is 189 Å². The van der Waals surface area contributed by atoms with Gasteiger partial charge in [-0.1, -0.05) is 54.6 Å². The van der Waals surface area contributed by atoms with Crippen molar-refractivity contribution in [2.24, 2.45) is 0 Å². The summed E-state index contributed by atoms with van der Waals surface area (Å²) in [4.78, 5) is 9.43. The lowest BCUT2D eigenvalue weighted by Gasteiger charge is -2.28. The molecule has 0 saturated heterocycles. The molecule has 5 aromatic rings. The van der Waals surface area contributed by atoms with E-state index in [9.17, 15) is 5.11 Å². The van der Waals surface area contributed by atoms with E-state index in [1.807, 2.05) is 48.5 Å². The van der Waals surface area contributed by atoms with Gasteiger partial charge >= 0.3 is 0 Å². The summed E-state index contributed by atoms with van der Waals surface area (Å²) in [5.41, 5.74) is 4.48. The molecule has 1 atom stereocenters. The molecule has 7 heteroatoms. The highest BCUT2D eigenvalue weighted by molar-refractivity contribution is 5.67. The molecule has 162 valence electrons. The molecule has 3 aromatic carbocycles. The largest absolute Gasteiger partial charge is 0.508 e. The van der Waals surface area contributed by atoms with Crippen molar-refractivity contribution in [1.82, 2.24) is 19.6 Å². The van der Waals surface area contributed by atoms with Gasteiger partial charge in [-0.05, 0) is 17.7 Å². The lowest BCUT2D eigenvalue weighted by Crippen LogP contribution is -2.15. The van der Waals surface area contributed by atoms with Crippen molar-refractivity contribution in [3.8, 4) is 23.1 Å². The molecular weight excluding hydrogens is 416 g/mol. The number of benzene rings is 3. The molecule has 7 nitrogen and oxygen atoms in total. The first-order valence-corrected chi connectivity index (χ1v) is 10.6. The maximum Gasteiger partial charge on any atom is 0.228 e. The normalized spacial score (nSPS) is 14.4. The molecule has 1 aliphatic rings. The van der Waals surface area contributed by atoms with Gasteiger partial charge in [0.25, 0.3) is 0 Å². The Bertz CT molecular complexity index is 1480. The average Bonchev–Trinajstić information content (AvgIpc) is 3.25. The average molecular weight is 436 g/mol. The minimum atomic E-state index is -0.259. The van der Waals surface area contributed by atoms with Crippen LogP contribution in [-0.4, -0.2) is 31.8 Å². The van der Waals surface area contributed by atoms with Gasteiger partial charge in [-0.15, -0.1) is 5.10 Å². The van der Waals surface area contributed by atoms with Crippen molar-refractivity contribution in [1.29, 1.82) is 0 Å². The van der Waals surface area contributed by atoms with Crippen LogP contribution in [0.2, 0.25) is 0 Å². The zero-order chi connectivity index (χ0) is 22.4. The van der Waals surface area contributed by atoms with Crippen LogP contribution >= 0.6 is 0 Å². The van der Waals surface area contributed by atoms with E-state index in [4.69, 9.17) is 14.5 Å². The molecule has 33 heavy (non-hydrogen) atoms. The van der Waals surface area contributed by atoms with Crippen molar-refractivity contribution in [3.63, 3.8) is 0 Å². The van der Waals surface area contributed by atoms with E-state index in [2.05, 4.69) is 22.2 Å². The minimum Gasteiger partial charge on any atom is -0.508 e. The fourth-order valence-corrected chi connectivity index (χ4v) is 4.43. The number of methoxy groups -OCH3 is 1. The number of hydrogen-bond donors (Lipinski definition) is 1. The Balaban J connectivity index is 1.57. The van der Waals surface area contributed by atoms with E-state index in [1.54, 1.807) is 30.1 Å². The Hall–Kier alpha value is -4.39. The van der Waals surface area contributed by atoms with E-state index in [0.717, 1.165) is 28.0 Å². The number of aromatic nitrogens is 4. The molecule has 0 fully saturated rings. The second kappa shape index (κ2) is 7.63. The van der Waals surface area contributed by atoms with Crippen molar-refractivity contribution in [3.05, 3.63) is 107 Å². The minimum absolute atomic E-state index is 0.129. The number of aromatic hydroxyl groups is 1. The first-order chi connectivity index (χ1) is 16.2. The first kappa shape index (κ1) is 19.3. The van der Waals surface area contributed by atoms with Crippen LogP contribution in [0.15, 0.2) is 79.1 Å². The lowest BCUT2D eigenvalue weighted by molar-refractivity contribution is 0.401. The number of phenolic OH excluding ortho intramolecular Hbond substituents is 1. The van der Waals surface area contributed by atoms with Gasteiger partial charge in [0.1, 0.15) is 23.6 Å². The number of fused-ring (bicyclic) bond motifs is 4. The third-order valence-electron chi connectivity index (χ3n) is 5.89. The van der Waals surface area contributed by atoms with Gasteiger partial charge in [-0.2, -0.15) is 0 Å². The quantitative estimate of drug-likeness (QED) is 0.431. The van der Waals surface area contributed by atoms with Gasteiger partial charge < -0.3 is 14.6 Å². The Morgan fingerprint density at radius 2 is 1.82 bits per heavy atom. The van der Waals surface area contributed by atoms with Crippen LogP contribution in [0.1, 0.15) is 34.0 Å². The van der Waals surface area contributed by atoms with Crippen LogP contribution < -0.4 is 9.47 Å². The molecule has 1 aliphatic heterocycles. The molecule has 0 radical (unpaired) electrons. The third kappa shape index (κ3) is 3.25. The molecule has 0 unspecified atom stereocenters. The van der Waals surface area contributed by atoms with Crippen LogP contribution in [-0.2, 0) is 6.42 Å². The van der Waals surface area contributed by atoms with Crippen molar-refractivity contribution in [2.75, 3.05) is 7.11 Å². The van der Waals surface area contributed by atoms with E-state index in [1.165, 1.54) is 0 Å². The third-order valence-corrected chi connectivity index (χ3v) is 5.89. The highest BCUT2D eigenvalue weighted by Crippen LogP contribution is 2.50. The predicted octanol–water partition coefficient (Wildman–Crippen LogP) is 4.72. The number of ether oxygens (including phenoxy) is 2. The number of para-hydroxylation sites is 1. The highest BCUT2D eigenvalue weighted by Gasteiger charge is 2.35. The summed E-state index contributed by atoms with van der Waals surface area (Å²) >= 11 is 0. The fourth-order valence-electron chi connectivity index (χ4n) is 4.43. The zero-order valence-corrected chi connectivity index (χ0v) is 17.8. The number of hydrogen-bond acceptors (Lipinski definition) is 6. The maximum atomic E-state index is 10.1. The molecule has 0 spiro atoms. The standard InChI is InChI=1S/C26H20N4O3/c1-32-20-10-6-5-9-18(20)23-19-12-11-17(31)14-21(19)33-26-24(23)25-28-22(29-30(25)15-27-26)13-16-7-3-2-4-8-16/h2-12,14-15,23,31H,13H2,1H3/t23-/m0/s1. The number of phenols is 1.